The topological polar surface area (TPSA) is 72.5 Å². The first kappa shape index (κ1) is 13.3. The highest BCUT2D eigenvalue weighted by Crippen LogP contribution is 2.34. The number of benzene rings is 1. The van der Waals surface area contributed by atoms with Gasteiger partial charge in [-0.3, -0.25) is 4.79 Å². The second-order valence-electron chi connectivity index (χ2n) is 3.13. The van der Waals surface area contributed by atoms with Crippen LogP contribution < -0.4 is 10.5 Å². The molecule has 0 radical (unpaired) electrons. The van der Waals surface area contributed by atoms with Crippen LogP contribution in [-0.4, -0.2) is 24.7 Å². The standard InChI is InChI=1S/C10H11BrClNO3/c1-16-9-3-8(12)5(2-7(9)11)6(4-13)10(14)15/h2-3,6H,4,13H2,1H3,(H,14,15). The Labute approximate surface area is 106 Å². The van der Waals surface area contributed by atoms with Crippen LogP contribution in [-0.2, 0) is 4.79 Å². The van der Waals surface area contributed by atoms with E-state index in [2.05, 4.69) is 15.9 Å². The number of hydrogen-bond donors (Lipinski definition) is 2. The van der Waals surface area contributed by atoms with Crippen LogP contribution in [0.1, 0.15) is 11.5 Å². The lowest BCUT2D eigenvalue weighted by molar-refractivity contribution is -0.138. The van der Waals surface area contributed by atoms with Gasteiger partial charge in [0.2, 0.25) is 0 Å². The maximum Gasteiger partial charge on any atom is 0.312 e. The molecule has 0 aliphatic heterocycles. The molecule has 88 valence electrons. The molecule has 1 aromatic rings. The molecule has 4 nitrogen and oxygen atoms in total. The Balaban J connectivity index is 3.24. The molecule has 0 heterocycles. The van der Waals surface area contributed by atoms with E-state index < -0.39 is 11.9 Å². The van der Waals surface area contributed by atoms with E-state index in [-0.39, 0.29) is 6.54 Å². The normalized spacial score (nSPS) is 12.2. The summed E-state index contributed by atoms with van der Waals surface area (Å²) in [6.07, 6.45) is 0. The van der Waals surface area contributed by atoms with E-state index in [1.54, 1.807) is 12.1 Å². The van der Waals surface area contributed by atoms with E-state index in [4.69, 9.17) is 27.2 Å². The quantitative estimate of drug-likeness (QED) is 0.895. The van der Waals surface area contributed by atoms with Gasteiger partial charge in [0.05, 0.1) is 17.5 Å². The molecule has 0 saturated heterocycles. The predicted octanol–water partition coefficient (Wildman–Crippen LogP) is 2.24. The van der Waals surface area contributed by atoms with Gasteiger partial charge < -0.3 is 15.6 Å². The van der Waals surface area contributed by atoms with E-state index in [0.717, 1.165) is 0 Å². The first-order valence-electron chi connectivity index (χ1n) is 4.47. The zero-order chi connectivity index (χ0) is 12.3. The summed E-state index contributed by atoms with van der Waals surface area (Å²) in [5, 5.41) is 9.31. The number of carboxylic acid groups (broad SMARTS) is 1. The zero-order valence-corrected chi connectivity index (χ0v) is 10.9. The number of nitrogens with two attached hydrogens (primary N) is 1. The smallest absolute Gasteiger partial charge is 0.312 e. The minimum absolute atomic E-state index is 0.00613. The van der Waals surface area contributed by atoms with Gasteiger partial charge in [-0.25, -0.2) is 0 Å². The van der Waals surface area contributed by atoms with Crippen LogP contribution in [0.15, 0.2) is 16.6 Å². The predicted molar refractivity (Wildman–Crippen MR) is 65.1 cm³/mol. The molecule has 1 aromatic carbocycles. The van der Waals surface area contributed by atoms with Crippen LogP contribution in [0.25, 0.3) is 0 Å². The highest BCUT2D eigenvalue weighted by molar-refractivity contribution is 9.10. The van der Waals surface area contributed by atoms with Gasteiger partial charge in [0.15, 0.2) is 0 Å². The first-order chi connectivity index (χ1) is 7.51. The molecular weight excluding hydrogens is 297 g/mol. The maximum absolute atomic E-state index is 11.0. The Morgan fingerprint density at radius 3 is 2.75 bits per heavy atom. The minimum Gasteiger partial charge on any atom is -0.496 e. The van der Waals surface area contributed by atoms with Gasteiger partial charge in [0, 0.05) is 17.6 Å². The highest BCUT2D eigenvalue weighted by Gasteiger charge is 2.22. The summed E-state index contributed by atoms with van der Waals surface area (Å²) in [6, 6.07) is 3.18. The van der Waals surface area contributed by atoms with E-state index in [1.165, 1.54) is 7.11 Å². The fourth-order valence-corrected chi connectivity index (χ4v) is 2.14. The summed E-state index contributed by atoms with van der Waals surface area (Å²) >= 11 is 9.25. The van der Waals surface area contributed by atoms with Gasteiger partial charge in [-0.2, -0.15) is 0 Å². The molecule has 1 atom stereocenters. The molecule has 0 spiro atoms. The van der Waals surface area contributed by atoms with Crippen LogP contribution >= 0.6 is 27.5 Å². The molecule has 0 aromatic heterocycles. The van der Waals surface area contributed by atoms with E-state index in [9.17, 15) is 4.79 Å². The molecule has 1 rings (SSSR count). The van der Waals surface area contributed by atoms with Crippen LogP contribution in [0, 0.1) is 0 Å². The van der Waals surface area contributed by atoms with Crippen LogP contribution in [0.4, 0.5) is 0 Å². The molecule has 0 bridgehead atoms. The number of ether oxygens (including phenoxy) is 1. The zero-order valence-electron chi connectivity index (χ0n) is 8.54. The number of hydrogen-bond acceptors (Lipinski definition) is 3. The van der Waals surface area contributed by atoms with E-state index in [1.807, 2.05) is 0 Å². The minimum atomic E-state index is -0.999. The fraction of sp³-hybridized carbons (Fsp3) is 0.300. The Bertz CT molecular complexity index is 411. The maximum atomic E-state index is 11.0. The molecule has 6 heteroatoms. The van der Waals surface area contributed by atoms with Crippen molar-refractivity contribution in [3.63, 3.8) is 0 Å². The molecule has 0 amide bonds. The van der Waals surface area contributed by atoms with E-state index in [0.29, 0.717) is 20.8 Å². The fourth-order valence-electron chi connectivity index (χ4n) is 1.33. The van der Waals surface area contributed by atoms with Crippen molar-refractivity contribution in [1.82, 2.24) is 0 Å². The monoisotopic (exact) mass is 307 g/mol. The number of aliphatic carboxylic acids is 1. The van der Waals surface area contributed by atoms with Gasteiger partial charge in [0.1, 0.15) is 5.75 Å². The Kier molecular flexibility index (Phi) is 4.58. The average Bonchev–Trinajstić information content (AvgIpc) is 2.23. The lowest BCUT2D eigenvalue weighted by atomic mass is 9.99. The Hall–Kier alpha value is -0.780. The summed E-state index contributed by atoms with van der Waals surface area (Å²) in [5.74, 6) is -1.26. The molecule has 0 aliphatic rings. The summed E-state index contributed by atoms with van der Waals surface area (Å²) in [7, 11) is 1.51. The van der Waals surface area contributed by atoms with Crippen molar-refractivity contribution >= 4 is 33.5 Å². The van der Waals surface area contributed by atoms with Gasteiger partial charge >= 0.3 is 5.97 Å². The molecule has 0 saturated carbocycles. The average molecular weight is 309 g/mol. The number of carbonyl (C=O) groups is 1. The lowest BCUT2D eigenvalue weighted by Crippen LogP contribution is -2.21. The van der Waals surface area contributed by atoms with Crippen LogP contribution in [0.3, 0.4) is 0 Å². The van der Waals surface area contributed by atoms with Crippen molar-refractivity contribution in [1.29, 1.82) is 0 Å². The second kappa shape index (κ2) is 5.52. The molecule has 1 unspecified atom stereocenters. The van der Waals surface area contributed by atoms with Crippen molar-refractivity contribution in [2.45, 2.75) is 5.92 Å². The number of rotatable bonds is 4. The lowest BCUT2D eigenvalue weighted by Gasteiger charge is -2.14. The SMILES string of the molecule is COc1cc(Cl)c(C(CN)C(=O)O)cc1Br. The third kappa shape index (κ3) is 2.66. The number of carboxylic acids is 1. The van der Waals surface area contributed by atoms with Crippen molar-refractivity contribution < 1.29 is 14.6 Å². The summed E-state index contributed by atoms with van der Waals surface area (Å²) in [6.45, 7) is -0.00613. The number of halogens is 2. The molecule has 16 heavy (non-hydrogen) atoms. The van der Waals surface area contributed by atoms with Crippen molar-refractivity contribution in [3.05, 3.63) is 27.2 Å². The van der Waals surface area contributed by atoms with Gasteiger partial charge in [-0.1, -0.05) is 11.6 Å². The van der Waals surface area contributed by atoms with Crippen LogP contribution in [0.5, 0.6) is 5.75 Å². The van der Waals surface area contributed by atoms with Crippen molar-refractivity contribution in [3.8, 4) is 5.75 Å². The van der Waals surface area contributed by atoms with E-state index >= 15 is 0 Å². The first-order valence-corrected chi connectivity index (χ1v) is 5.64. The van der Waals surface area contributed by atoms with Gasteiger partial charge in [-0.05, 0) is 27.6 Å². The van der Waals surface area contributed by atoms with Crippen molar-refractivity contribution in [2.24, 2.45) is 5.73 Å². The number of methoxy groups -OCH3 is 1. The largest absolute Gasteiger partial charge is 0.496 e. The summed E-state index contributed by atoms with van der Waals surface area (Å²) in [5.41, 5.74) is 5.89. The summed E-state index contributed by atoms with van der Waals surface area (Å²) in [4.78, 5) is 11.0. The third-order valence-electron chi connectivity index (χ3n) is 2.18. The molecular formula is C10H11BrClNO3. The highest BCUT2D eigenvalue weighted by atomic mass is 79.9. The molecule has 0 aliphatic carbocycles. The Morgan fingerprint density at radius 1 is 1.69 bits per heavy atom. The van der Waals surface area contributed by atoms with Crippen LogP contribution in [0.2, 0.25) is 5.02 Å². The van der Waals surface area contributed by atoms with Gasteiger partial charge in [0.25, 0.3) is 0 Å². The summed E-state index contributed by atoms with van der Waals surface area (Å²) < 4.78 is 5.69. The second-order valence-corrected chi connectivity index (χ2v) is 4.40. The van der Waals surface area contributed by atoms with Crippen molar-refractivity contribution in [2.75, 3.05) is 13.7 Å². The third-order valence-corrected chi connectivity index (χ3v) is 3.13. The van der Waals surface area contributed by atoms with Gasteiger partial charge in [-0.15, -0.1) is 0 Å². The molecule has 3 N–H and O–H groups in total. The molecule has 0 fully saturated rings. The Morgan fingerprint density at radius 2 is 2.31 bits per heavy atom.